The number of aldehydes is 1. The molecule has 0 N–H and O–H groups in total. The predicted molar refractivity (Wildman–Crippen MR) is 80.2 cm³/mol. The number of fused-ring (bicyclic) bond motifs is 2. The van der Waals surface area contributed by atoms with Gasteiger partial charge in [-0.15, -0.1) is 0 Å². The normalized spacial score (nSPS) is 27.9. The Labute approximate surface area is 131 Å². The molecular formula is C16H15FN2O4. The Hall–Kier alpha value is -2.57. The summed E-state index contributed by atoms with van der Waals surface area (Å²) < 4.78 is 13.4. The molecule has 1 aromatic rings. The number of hydrogen-bond acceptors (Lipinski definition) is 4. The summed E-state index contributed by atoms with van der Waals surface area (Å²) in [5.41, 5.74) is -0.443. The van der Waals surface area contributed by atoms with E-state index in [1.54, 1.807) is 0 Å². The Morgan fingerprint density at radius 2 is 2.09 bits per heavy atom. The molecule has 1 aromatic carbocycles. The van der Waals surface area contributed by atoms with E-state index in [4.69, 9.17) is 0 Å². The number of nitro groups is 1. The molecule has 1 amide bonds. The molecule has 7 heteroatoms. The number of carbonyl (C=O) groups is 2. The molecule has 4 unspecified atom stereocenters. The average molecular weight is 318 g/mol. The van der Waals surface area contributed by atoms with Crippen LogP contribution in [0.25, 0.3) is 0 Å². The Balaban J connectivity index is 1.88. The SMILES string of the molecule is CN(C(=O)C1C2C=CC(C2)C1C=O)c1ccc(F)c([N+](=O)[O-])c1. The molecule has 0 aromatic heterocycles. The first-order chi connectivity index (χ1) is 10.9. The van der Waals surface area contributed by atoms with Crippen LogP contribution in [0.3, 0.4) is 0 Å². The fourth-order valence-electron chi connectivity index (χ4n) is 3.59. The van der Waals surface area contributed by atoms with E-state index in [9.17, 15) is 24.1 Å². The summed E-state index contributed by atoms with van der Waals surface area (Å²) in [6, 6.07) is 3.32. The van der Waals surface area contributed by atoms with Gasteiger partial charge >= 0.3 is 5.69 Å². The van der Waals surface area contributed by atoms with E-state index in [2.05, 4.69) is 0 Å². The van der Waals surface area contributed by atoms with Crippen LogP contribution in [0.5, 0.6) is 0 Å². The van der Waals surface area contributed by atoms with Crippen molar-refractivity contribution in [2.75, 3.05) is 11.9 Å². The van der Waals surface area contributed by atoms with Gasteiger partial charge in [0, 0.05) is 19.0 Å². The van der Waals surface area contributed by atoms with E-state index in [-0.39, 0.29) is 29.3 Å². The lowest BCUT2D eigenvalue weighted by molar-refractivity contribution is -0.387. The fraction of sp³-hybridized carbons (Fsp3) is 0.375. The summed E-state index contributed by atoms with van der Waals surface area (Å²) in [6.07, 6.45) is 5.51. The highest BCUT2D eigenvalue weighted by Crippen LogP contribution is 2.48. The number of benzene rings is 1. The summed E-state index contributed by atoms with van der Waals surface area (Å²) in [6.45, 7) is 0. The number of amides is 1. The zero-order chi connectivity index (χ0) is 16.7. The van der Waals surface area contributed by atoms with Gasteiger partial charge in [-0.25, -0.2) is 0 Å². The van der Waals surface area contributed by atoms with Gasteiger partial charge in [0.2, 0.25) is 11.7 Å². The maximum absolute atomic E-state index is 13.4. The van der Waals surface area contributed by atoms with Gasteiger partial charge in [-0.1, -0.05) is 12.2 Å². The highest BCUT2D eigenvalue weighted by molar-refractivity contribution is 5.97. The number of nitrogens with zero attached hydrogens (tertiary/aromatic N) is 2. The fourth-order valence-corrected chi connectivity index (χ4v) is 3.59. The van der Waals surface area contributed by atoms with Gasteiger partial charge in [0.15, 0.2) is 0 Å². The molecule has 0 aliphatic heterocycles. The third-order valence-electron chi connectivity index (χ3n) is 4.81. The second-order valence-electron chi connectivity index (χ2n) is 5.98. The van der Waals surface area contributed by atoms with E-state index in [0.29, 0.717) is 0 Å². The minimum atomic E-state index is -0.951. The van der Waals surface area contributed by atoms with Gasteiger partial charge in [-0.3, -0.25) is 14.9 Å². The molecule has 120 valence electrons. The molecule has 1 fully saturated rings. The van der Waals surface area contributed by atoms with Crippen molar-refractivity contribution in [3.63, 3.8) is 0 Å². The zero-order valence-corrected chi connectivity index (χ0v) is 12.4. The van der Waals surface area contributed by atoms with Crippen LogP contribution in [0.15, 0.2) is 30.4 Å². The number of halogens is 1. The molecule has 2 bridgehead atoms. The van der Waals surface area contributed by atoms with Crippen molar-refractivity contribution in [3.8, 4) is 0 Å². The van der Waals surface area contributed by atoms with Gasteiger partial charge in [0.05, 0.1) is 16.5 Å². The predicted octanol–water partition coefficient (Wildman–Crippen LogP) is 2.33. The summed E-state index contributed by atoms with van der Waals surface area (Å²) in [5, 5.41) is 10.8. The van der Waals surface area contributed by atoms with Crippen LogP contribution < -0.4 is 4.90 Å². The Morgan fingerprint density at radius 1 is 1.39 bits per heavy atom. The molecule has 23 heavy (non-hydrogen) atoms. The zero-order valence-electron chi connectivity index (χ0n) is 12.4. The van der Waals surface area contributed by atoms with E-state index in [1.165, 1.54) is 18.0 Å². The molecular weight excluding hydrogens is 303 g/mol. The van der Waals surface area contributed by atoms with Crippen LogP contribution in [0.4, 0.5) is 15.8 Å². The summed E-state index contributed by atoms with van der Waals surface area (Å²) in [5.74, 6) is -1.96. The van der Waals surface area contributed by atoms with Crippen LogP contribution in [-0.2, 0) is 9.59 Å². The number of hydrogen-bond donors (Lipinski definition) is 0. The molecule has 0 saturated heterocycles. The van der Waals surface area contributed by atoms with Gasteiger partial charge in [0.1, 0.15) is 6.29 Å². The third kappa shape index (κ3) is 2.42. The molecule has 0 spiro atoms. The molecule has 6 nitrogen and oxygen atoms in total. The van der Waals surface area contributed by atoms with Crippen LogP contribution in [0.2, 0.25) is 0 Å². The summed E-state index contributed by atoms with van der Waals surface area (Å²) in [4.78, 5) is 35.3. The molecule has 0 radical (unpaired) electrons. The van der Waals surface area contributed by atoms with Gasteiger partial charge in [0.25, 0.3) is 0 Å². The van der Waals surface area contributed by atoms with Crippen LogP contribution in [0, 0.1) is 39.6 Å². The Kier molecular flexibility index (Phi) is 3.71. The Morgan fingerprint density at radius 3 is 2.74 bits per heavy atom. The van der Waals surface area contributed by atoms with Crippen LogP contribution in [0.1, 0.15) is 6.42 Å². The van der Waals surface area contributed by atoms with E-state index < -0.39 is 22.3 Å². The van der Waals surface area contributed by atoms with Crippen molar-refractivity contribution >= 4 is 23.6 Å². The first kappa shape index (κ1) is 15.3. The smallest absolute Gasteiger partial charge is 0.306 e. The molecule has 3 rings (SSSR count). The number of nitro benzene ring substituents is 1. The lowest BCUT2D eigenvalue weighted by atomic mass is 9.83. The summed E-state index contributed by atoms with van der Waals surface area (Å²) in [7, 11) is 1.48. The topological polar surface area (TPSA) is 80.5 Å². The number of carbonyl (C=O) groups excluding carboxylic acids is 2. The molecule has 0 heterocycles. The van der Waals surface area contributed by atoms with Crippen molar-refractivity contribution in [2.24, 2.45) is 23.7 Å². The number of allylic oxidation sites excluding steroid dienone is 2. The standard InChI is InChI=1S/C16H15FN2O4/c1-18(11-4-5-13(17)14(7-11)19(22)23)16(21)15-10-3-2-9(6-10)12(15)8-20/h2-5,7-10,12,15H,6H2,1H3. The molecule has 2 aliphatic carbocycles. The summed E-state index contributed by atoms with van der Waals surface area (Å²) >= 11 is 0. The Bertz CT molecular complexity index is 718. The lowest BCUT2D eigenvalue weighted by Gasteiger charge is -2.28. The van der Waals surface area contributed by atoms with Crippen LogP contribution in [-0.4, -0.2) is 24.2 Å². The van der Waals surface area contributed by atoms with E-state index in [1.807, 2.05) is 12.2 Å². The maximum atomic E-state index is 13.4. The average Bonchev–Trinajstić information content (AvgIpc) is 3.14. The quantitative estimate of drug-likeness (QED) is 0.369. The lowest BCUT2D eigenvalue weighted by Crippen LogP contribution is -2.39. The van der Waals surface area contributed by atoms with Crippen molar-refractivity contribution in [3.05, 3.63) is 46.3 Å². The molecule has 2 aliphatic rings. The van der Waals surface area contributed by atoms with Crippen molar-refractivity contribution in [1.29, 1.82) is 0 Å². The van der Waals surface area contributed by atoms with Crippen LogP contribution >= 0.6 is 0 Å². The van der Waals surface area contributed by atoms with E-state index in [0.717, 1.165) is 24.8 Å². The monoisotopic (exact) mass is 318 g/mol. The highest BCUT2D eigenvalue weighted by Gasteiger charge is 2.49. The second-order valence-corrected chi connectivity index (χ2v) is 5.98. The first-order valence-corrected chi connectivity index (χ1v) is 7.29. The van der Waals surface area contributed by atoms with Crippen molar-refractivity contribution < 1.29 is 18.9 Å². The highest BCUT2D eigenvalue weighted by atomic mass is 19.1. The van der Waals surface area contributed by atoms with Crippen molar-refractivity contribution in [2.45, 2.75) is 6.42 Å². The minimum absolute atomic E-state index is 0.0144. The molecule has 4 atom stereocenters. The minimum Gasteiger partial charge on any atom is -0.315 e. The molecule has 1 saturated carbocycles. The second kappa shape index (κ2) is 5.57. The van der Waals surface area contributed by atoms with Gasteiger partial charge in [-0.2, -0.15) is 4.39 Å². The third-order valence-corrected chi connectivity index (χ3v) is 4.81. The number of rotatable bonds is 4. The maximum Gasteiger partial charge on any atom is 0.306 e. The van der Waals surface area contributed by atoms with Gasteiger partial charge in [-0.05, 0) is 30.4 Å². The van der Waals surface area contributed by atoms with E-state index >= 15 is 0 Å². The largest absolute Gasteiger partial charge is 0.315 e. The van der Waals surface area contributed by atoms with Gasteiger partial charge < -0.3 is 9.69 Å². The first-order valence-electron chi connectivity index (χ1n) is 7.29. The number of anilines is 1. The van der Waals surface area contributed by atoms with Crippen molar-refractivity contribution in [1.82, 2.24) is 0 Å².